The van der Waals surface area contributed by atoms with Crippen molar-refractivity contribution in [1.29, 1.82) is 0 Å². The quantitative estimate of drug-likeness (QED) is 0.594. The smallest absolute Gasteiger partial charge is 0.338 e. The maximum Gasteiger partial charge on any atom is 0.338 e. The molecule has 0 aliphatic carbocycles. The normalized spacial score (nSPS) is 11.3. The van der Waals surface area contributed by atoms with Crippen molar-refractivity contribution in [3.63, 3.8) is 0 Å². The predicted octanol–water partition coefficient (Wildman–Crippen LogP) is 3.09. The zero-order chi connectivity index (χ0) is 20.7. The molecule has 0 radical (unpaired) electrons. The van der Waals surface area contributed by atoms with Gasteiger partial charge in [0.2, 0.25) is 10.0 Å². The van der Waals surface area contributed by atoms with E-state index in [1.807, 2.05) is 0 Å². The van der Waals surface area contributed by atoms with Gasteiger partial charge in [-0.25, -0.2) is 13.2 Å². The van der Waals surface area contributed by atoms with Crippen molar-refractivity contribution in [1.82, 2.24) is 4.31 Å². The molecular formula is C20H25NO6S. The van der Waals surface area contributed by atoms with E-state index in [1.54, 1.807) is 32.0 Å². The van der Waals surface area contributed by atoms with Gasteiger partial charge in [0.05, 0.1) is 31.3 Å². The van der Waals surface area contributed by atoms with Crippen LogP contribution in [0.15, 0.2) is 47.4 Å². The summed E-state index contributed by atoms with van der Waals surface area (Å²) in [6.07, 6.45) is 0. The lowest BCUT2D eigenvalue weighted by atomic mass is 10.2. The van der Waals surface area contributed by atoms with E-state index in [1.165, 1.54) is 42.8 Å². The molecule has 0 aliphatic heterocycles. The number of esters is 1. The Labute approximate surface area is 165 Å². The molecule has 0 heterocycles. The molecule has 0 aliphatic rings. The third-order valence-electron chi connectivity index (χ3n) is 4.14. The minimum absolute atomic E-state index is 0.0420. The molecular weight excluding hydrogens is 382 g/mol. The number of sulfonamides is 1. The van der Waals surface area contributed by atoms with Crippen LogP contribution in [0.25, 0.3) is 0 Å². The molecule has 2 rings (SSSR count). The van der Waals surface area contributed by atoms with Crippen LogP contribution in [-0.2, 0) is 21.3 Å². The van der Waals surface area contributed by atoms with E-state index in [0.717, 1.165) is 5.56 Å². The molecule has 2 aromatic rings. The van der Waals surface area contributed by atoms with E-state index in [4.69, 9.17) is 14.2 Å². The van der Waals surface area contributed by atoms with Crippen molar-refractivity contribution in [2.24, 2.45) is 0 Å². The Morgan fingerprint density at radius 3 is 2.32 bits per heavy atom. The van der Waals surface area contributed by atoms with Crippen LogP contribution in [0.4, 0.5) is 0 Å². The summed E-state index contributed by atoms with van der Waals surface area (Å²) in [5.74, 6) is 0.541. The summed E-state index contributed by atoms with van der Waals surface area (Å²) in [6.45, 7) is 4.09. The Hall–Kier alpha value is -2.58. The Kier molecular flexibility index (Phi) is 7.42. The van der Waals surface area contributed by atoms with Gasteiger partial charge in [0, 0.05) is 13.1 Å². The van der Waals surface area contributed by atoms with E-state index in [0.29, 0.717) is 11.5 Å². The van der Waals surface area contributed by atoms with Gasteiger partial charge < -0.3 is 14.2 Å². The van der Waals surface area contributed by atoms with Gasteiger partial charge in [-0.3, -0.25) is 0 Å². The van der Waals surface area contributed by atoms with E-state index in [-0.39, 0.29) is 30.2 Å². The largest absolute Gasteiger partial charge is 0.493 e. The van der Waals surface area contributed by atoms with E-state index >= 15 is 0 Å². The number of rotatable bonds is 9. The summed E-state index contributed by atoms with van der Waals surface area (Å²) >= 11 is 0. The second-order valence-corrected chi connectivity index (χ2v) is 7.81. The molecule has 0 fully saturated rings. The van der Waals surface area contributed by atoms with Crippen LogP contribution in [0, 0.1) is 0 Å². The minimum atomic E-state index is -3.80. The van der Waals surface area contributed by atoms with Crippen LogP contribution in [0.5, 0.6) is 11.5 Å². The zero-order valence-electron chi connectivity index (χ0n) is 16.5. The summed E-state index contributed by atoms with van der Waals surface area (Å²) in [5, 5.41) is 0. The van der Waals surface area contributed by atoms with Gasteiger partial charge in [-0.05, 0) is 42.8 Å². The number of methoxy groups -OCH3 is 2. The second kappa shape index (κ2) is 9.57. The highest BCUT2D eigenvalue weighted by Gasteiger charge is 2.25. The lowest BCUT2D eigenvalue weighted by Crippen LogP contribution is -2.30. The van der Waals surface area contributed by atoms with Gasteiger partial charge >= 0.3 is 5.97 Å². The highest BCUT2D eigenvalue weighted by Crippen LogP contribution is 2.29. The first-order valence-electron chi connectivity index (χ1n) is 8.85. The molecule has 0 bridgehead atoms. The lowest BCUT2D eigenvalue weighted by Gasteiger charge is -2.21. The summed E-state index contributed by atoms with van der Waals surface area (Å²) in [5.41, 5.74) is 0.953. The van der Waals surface area contributed by atoms with Crippen molar-refractivity contribution in [2.75, 3.05) is 27.4 Å². The molecule has 0 atom stereocenters. The molecule has 0 saturated heterocycles. The molecule has 0 saturated carbocycles. The van der Waals surface area contributed by atoms with E-state index in [2.05, 4.69) is 0 Å². The molecule has 152 valence electrons. The number of carbonyl (C=O) groups excluding carboxylic acids is 1. The van der Waals surface area contributed by atoms with Crippen LogP contribution < -0.4 is 9.47 Å². The van der Waals surface area contributed by atoms with Gasteiger partial charge in [0.1, 0.15) is 0 Å². The number of carbonyl (C=O) groups is 1. The molecule has 7 nitrogen and oxygen atoms in total. The SMILES string of the molecule is CCOC(=O)c1cccc(S(=O)(=O)N(CC)Cc2ccc(OC)c(OC)c2)c1. The number of ether oxygens (including phenoxy) is 3. The first kappa shape index (κ1) is 21.7. The first-order valence-corrected chi connectivity index (χ1v) is 10.3. The van der Waals surface area contributed by atoms with Crippen LogP contribution in [0.3, 0.4) is 0 Å². The van der Waals surface area contributed by atoms with Crippen molar-refractivity contribution in [3.05, 3.63) is 53.6 Å². The standard InChI is InChI=1S/C20H25NO6S/c1-5-21(14-15-10-11-18(25-3)19(12-15)26-4)28(23,24)17-9-7-8-16(13-17)20(22)27-6-2/h7-13H,5-6,14H2,1-4H3. The lowest BCUT2D eigenvalue weighted by molar-refractivity contribution is 0.0526. The van der Waals surface area contributed by atoms with Gasteiger partial charge in [0.15, 0.2) is 11.5 Å². The molecule has 8 heteroatoms. The van der Waals surface area contributed by atoms with Gasteiger partial charge in [-0.1, -0.05) is 19.1 Å². The van der Waals surface area contributed by atoms with E-state index < -0.39 is 16.0 Å². The van der Waals surface area contributed by atoms with Crippen molar-refractivity contribution in [3.8, 4) is 11.5 Å². The molecule has 0 N–H and O–H groups in total. The van der Waals surface area contributed by atoms with Gasteiger partial charge in [-0.15, -0.1) is 0 Å². The fourth-order valence-corrected chi connectivity index (χ4v) is 4.18. The Balaban J connectivity index is 2.33. The highest BCUT2D eigenvalue weighted by molar-refractivity contribution is 7.89. The number of benzene rings is 2. The third kappa shape index (κ3) is 4.82. The van der Waals surface area contributed by atoms with Gasteiger partial charge in [0.25, 0.3) is 0 Å². The average Bonchev–Trinajstić information content (AvgIpc) is 2.71. The van der Waals surface area contributed by atoms with Crippen LogP contribution >= 0.6 is 0 Å². The minimum Gasteiger partial charge on any atom is -0.493 e. The van der Waals surface area contributed by atoms with Crippen LogP contribution in [-0.4, -0.2) is 46.1 Å². The molecule has 0 aromatic heterocycles. The van der Waals surface area contributed by atoms with E-state index in [9.17, 15) is 13.2 Å². The molecule has 0 amide bonds. The van der Waals surface area contributed by atoms with Crippen LogP contribution in [0.1, 0.15) is 29.8 Å². The van der Waals surface area contributed by atoms with Crippen LogP contribution in [0.2, 0.25) is 0 Å². The fourth-order valence-electron chi connectivity index (χ4n) is 2.70. The predicted molar refractivity (Wildman–Crippen MR) is 105 cm³/mol. The maximum absolute atomic E-state index is 13.1. The summed E-state index contributed by atoms with van der Waals surface area (Å²) < 4.78 is 43.0. The Morgan fingerprint density at radius 1 is 1.00 bits per heavy atom. The zero-order valence-corrected chi connectivity index (χ0v) is 17.3. The summed E-state index contributed by atoms with van der Waals surface area (Å²) in [6, 6.07) is 11.1. The maximum atomic E-state index is 13.1. The highest BCUT2D eigenvalue weighted by atomic mass is 32.2. The number of hydrogen-bond acceptors (Lipinski definition) is 6. The number of hydrogen-bond donors (Lipinski definition) is 0. The van der Waals surface area contributed by atoms with Gasteiger partial charge in [-0.2, -0.15) is 4.31 Å². The van der Waals surface area contributed by atoms with Crippen molar-refractivity contribution in [2.45, 2.75) is 25.3 Å². The topological polar surface area (TPSA) is 82.1 Å². The molecule has 28 heavy (non-hydrogen) atoms. The molecule has 0 unspecified atom stereocenters. The molecule has 2 aromatic carbocycles. The van der Waals surface area contributed by atoms with Crippen molar-refractivity contribution >= 4 is 16.0 Å². The first-order chi connectivity index (χ1) is 13.4. The summed E-state index contributed by atoms with van der Waals surface area (Å²) in [4.78, 5) is 12.0. The third-order valence-corrected chi connectivity index (χ3v) is 6.06. The Morgan fingerprint density at radius 2 is 1.71 bits per heavy atom. The number of nitrogens with zero attached hydrogens (tertiary/aromatic N) is 1. The van der Waals surface area contributed by atoms with Crippen molar-refractivity contribution < 1.29 is 27.4 Å². The second-order valence-electron chi connectivity index (χ2n) is 5.87. The fraction of sp³-hybridized carbons (Fsp3) is 0.350. The monoisotopic (exact) mass is 407 g/mol. The molecule has 0 spiro atoms. The summed E-state index contributed by atoms with van der Waals surface area (Å²) in [7, 11) is -0.739. The average molecular weight is 407 g/mol. The Bertz CT molecular complexity index is 926.